The van der Waals surface area contributed by atoms with Crippen LogP contribution in [-0.4, -0.2) is 6.54 Å². The van der Waals surface area contributed by atoms with Crippen LogP contribution < -0.4 is 5.32 Å². The van der Waals surface area contributed by atoms with Crippen LogP contribution >= 0.6 is 33.9 Å². The predicted octanol–water partition coefficient (Wildman–Crippen LogP) is 4.68. The molecule has 3 heteroatoms. The summed E-state index contributed by atoms with van der Waals surface area (Å²) in [4.78, 5) is 1.63. The van der Waals surface area contributed by atoms with Crippen LogP contribution in [0.15, 0.2) is 18.2 Å². The van der Waals surface area contributed by atoms with E-state index in [0.717, 1.165) is 5.92 Å². The molecule has 2 atom stereocenters. The molecule has 2 aliphatic carbocycles. The third-order valence-corrected chi connectivity index (χ3v) is 6.09. The molecule has 1 aromatic rings. The first-order chi connectivity index (χ1) is 8.83. The zero-order valence-corrected chi connectivity index (χ0v) is 13.6. The normalized spacial score (nSPS) is 27.2. The van der Waals surface area contributed by atoms with Crippen LogP contribution in [0, 0.1) is 8.80 Å². The van der Waals surface area contributed by atoms with Gasteiger partial charge in [-0.05, 0) is 85.2 Å². The highest BCUT2D eigenvalue weighted by Gasteiger charge is 2.23. The van der Waals surface area contributed by atoms with Crippen LogP contribution in [-0.2, 0) is 6.42 Å². The minimum Gasteiger partial charge on any atom is -0.310 e. The van der Waals surface area contributed by atoms with Crippen molar-refractivity contribution in [1.29, 1.82) is 0 Å². The first-order valence-corrected chi connectivity index (χ1v) is 8.89. The number of hydrogen-bond acceptors (Lipinski definition) is 2. The molecule has 0 saturated carbocycles. The van der Waals surface area contributed by atoms with E-state index in [4.69, 9.17) is 0 Å². The van der Waals surface area contributed by atoms with Crippen molar-refractivity contribution >= 4 is 33.9 Å². The quantitative estimate of drug-likeness (QED) is 0.600. The van der Waals surface area contributed by atoms with E-state index >= 15 is 0 Å². The first-order valence-electron chi connectivity index (χ1n) is 6.99. The minimum atomic E-state index is 0.624. The van der Waals surface area contributed by atoms with E-state index in [2.05, 4.69) is 46.1 Å². The highest BCUT2D eigenvalue weighted by Crippen LogP contribution is 2.36. The summed E-state index contributed by atoms with van der Waals surface area (Å²) < 4.78 is 1.45. The lowest BCUT2D eigenvalue weighted by Crippen LogP contribution is -2.29. The van der Waals surface area contributed by atoms with E-state index in [1.807, 2.05) is 11.3 Å². The van der Waals surface area contributed by atoms with E-state index in [-0.39, 0.29) is 0 Å². The van der Waals surface area contributed by atoms with Crippen molar-refractivity contribution in [3.05, 3.63) is 31.5 Å². The fraction of sp³-hybridized carbons (Fsp3) is 0.600. The van der Waals surface area contributed by atoms with Gasteiger partial charge in [-0.15, -0.1) is 11.3 Å². The van der Waals surface area contributed by atoms with Crippen molar-refractivity contribution < 1.29 is 0 Å². The monoisotopic (exact) mass is 373 g/mol. The van der Waals surface area contributed by atoms with Gasteiger partial charge >= 0.3 is 0 Å². The molecule has 3 rings (SSSR count). The average Bonchev–Trinajstić information content (AvgIpc) is 2.78. The second kappa shape index (κ2) is 6.06. The molecule has 0 aromatic carbocycles. The molecule has 98 valence electrons. The van der Waals surface area contributed by atoms with Gasteiger partial charge in [-0.1, -0.05) is 12.2 Å². The Labute approximate surface area is 127 Å². The number of halogens is 1. The van der Waals surface area contributed by atoms with Gasteiger partial charge in [0.25, 0.3) is 0 Å². The van der Waals surface area contributed by atoms with Gasteiger partial charge < -0.3 is 5.32 Å². The molecular formula is C15H20INS. The third-order valence-electron chi connectivity index (χ3n) is 4.11. The number of aryl methyl sites for hydroxylation is 1. The lowest BCUT2D eigenvalue weighted by atomic mass is 9.91. The van der Waals surface area contributed by atoms with Crippen molar-refractivity contribution in [3.63, 3.8) is 0 Å². The molecule has 0 radical (unpaired) electrons. The van der Waals surface area contributed by atoms with Crippen molar-refractivity contribution in [2.45, 2.75) is 44.6 Å². The fourth-order valence-electron chi connectivity index (χ4n) is 3.08. The van der Waals surface area contributed by atoms with E-state index in [1.165, 1.54) is 48.0 Å². The van der Waals surface area contributed by atoms with Crippen molar-refractivity contribution in [2.24, 2.45) is 5.92 Å². The Bertz CT molecular complexity index is 438. The van der Waals surface area contributed by atoms with Gasteiger partial charge in [-0.2, -0.15) is 0 Å². The molecule has 1 aromatic heterocycles. The van der Waals surface area contributed by atoms with Crippen LogP contribution in [0.3, 0.4) is 0 Å². The van der Waals surface area contributed by atoms with Gasteiger partial charge in [0, 0.05) is 10.9 Å². The molecule has 2 unspecified atom stereocenters. The van der Waals surface area contributed by atoms with E-state index < -0.39 is 0 Å². The third kappa shape index (κ3) is 2.99. The Balaban J connectivity index is 1.61. The zero-order chi connectivity index (χ0) is 12.4. The van der Waals surface area contributed by atoms with Crippen molar-refractivity contribution in [2.75, 3.05) is 6.54 Å². The highest BCUT2D eigenvalue weighted by atomic mass is 127. The molecule has 0 fully saturated rings. The maximum Gasteiger partial charge on any atom is 0.0659 e. The lowest BCUT2D eigenvalue weighted by Gasteiger charge is -2.26. The number of thiophene rings is 1. The number of nitrogens with one attached hydrogen (secondary N) is 1. The van der Waals surface area contributed by atoms with E-state index in [0.29, 0.717) is 6.04 Å². The summed E-state index contributed by atoms with van der Waals surface area (Å²) in [5, 5.41) is 3.83. The summed E-state index contributed by atoms with van der Waals surface area (Å²) in [6.45, 7) is 1.20. The van der Waals surface area contributed by atoms with Crippen LogP contribution in [0.25, 0.3) is 0 Å². The summed E-state index contributed by atoms with van der Waals surface area (Å²) in [6.07, 6.45) is 12.6. The first kappa shape index (κ1) is 13.1. The molecule has 1 nitrogen and oxygen atoms in total. The van der Waals surface area contributed by atoms with Crippen LogP contribution in [0.4, 0.5) is 0 Å². The lowest BCUT2D eigenvalue weighted by molar-refractivity contribution is 0.383. The largest absolute Gasteiger partial charge is 0.310 e. The van der Waals surface area contributed by atoms with Crippen LogP contribution in [0.5, 0.6) is 0 Å². The minimum absolute atomic E-state index is 0.624. The van der Waals surface area contributed by atoms with E-state index in [9.17, 15) is 0 Å². The molecule has 2 aliphatic rings. The smallest absolute Gasteiger partial charge is 0.0659 e. The molecule has 0 bridgehead atoms. The Morgan fingerprint density at radius 3 is 3.11 bits per heavy atom. The van der Waals surface area contributed by atoms with E-state index in [1.54, 1.807) is 10.4 Å². The molecule has 1 heterocycles. The summed E-state index contributed by atoms with van der Waals surface area (Å²) in [5.41, 5.74) is 1.60. The molecule has 0 saturated heterocycles. The van der Waals surface area contributed by atoms with Crippen molar-refractivity contribution in [3.8, 4) is 0 Å². The fourth-order valence-corrected chi connectivity index (χ4v) is 5.20. The number of allylic oxidation sites excluding steroid dienone is 2. The van der Waals surface area contributed by atoms with Gasteiger partial charge in [0.05, 0.1) is 2.88 Å². The number of fused-ring (bicyclic) bond motifs is 1. The Kier molecular flexibility index (Phi) is 4.42. The zero-order valence-electron chi connectivity index (χ0n) is 10.6. The summed E-state index contributed by atoms with van der Waals surface area (Å²) in [7, 11) is 0. The Morgan fingerprint density at radius 2 is 2.28 bits per heavy atom. The standard InChI is InChI=1S/C15H20INS/c16-15-9-12-13(7-4-8-14(12)18-15)17-10-11-5-2-1-3-6-11/h1-2,9,11,13,17H,3-8,10H2. The second-order valence-corrected chi connectivity index (χ2v) is 8.46. The van der Waals surface area contributed by atoms with Crippen LogP contribution in [0.2, 0.25) is 0 Å². The van der Waals surface area contributed by atoms with Gasteiger partial charge in [0.2, 0.25) is 0 Å². The molecule has 18 heavy (non-hydrogen) atoms. The Hall–Kier alpha value is 0.130. The topological polar surface area (TPSA) is 12.0 Å². The summed E-state index contributed by atoms with van der Waals surface area (Å²) in [5.74, 6) is 0.859. The van der Waals surface area contributed by atoms with Gasteiger partial charge in [-0.25, -0.2) is 0 Å². The number of hydrogen-bond donors (Lipinski definition) is 1. The highest BCUT2D eigenvalue weighted by molar-refractivity contribution is 14.1. The maximum atomic E-state index is 3.83. The molecule has 0 aliphatic heterocycles. The summed E-state index contributed by atoms with van der Waals surface area (Å²) in [6, 6.07) is 3.03. The molecule has 0 spiro atoms. The number of rotatable bonds is 3. The van der Waals surface area contributed by atoms with Crippen LogP contribution in [0.1, 0.15) is 48.6 Å². The molecule has 1 N–H and O–H groups in total. The maximum absolute atomic E-state index is 3.83. The summed E-state index contributed by atoms with van der Waals surface area (Å²) >= 11 is 4.45. The molecular weight excluding hydrogens is 353 g/mol. The van der Waals surface area contributed by atoms with Gasteiger partial charge in [0.1, 0.15) is 0 Å². The van der Waals surface area contributed by atoms with Gasteiger partial charge in [0.15, 0.2) is 0 Å². The van der Waals surface area contributed by atoms with Gasteiger partial charge in [-0.3, -0.25) is 0 Å². The second-order valence-electron chi connectivity index (χ2n) is 5.43. The predicted molar refractivity (Wildman–Crippen MR) is 87.2 cm³/mol. The average molecular weight is 373 g/mol. The van der Waals surface area contributed by atoms with Crippen molar-refractivity contribution in [1.82, 2.24) is 5.32 Å². The Morgan fingerprint density at radius 1 is 1.33 bits per heavy atom. The molecule has 0 amide bonds. The SMILES string of the molecule is Ic1cc2c(s1)CCCC2NCC1CC=CCC1.